The first-order valence-corrected chi connectivity index (χ1v) is 9.67. The number of hydrogen-bond acceptors (Lipinski definition) is 6. The van der Waals surface area contributed by atoms with E-state index in [0.717, 1.165) is 51.3 Å². The summed E-state index contributed by atoms with van der Waals surface area (Å²) in [5.74, 6) is 1.37. The highest BCUT2D eigenvalue weighted by Crippen LogP contribution is 2.28. The molecule has 0 spiro atoms. The Morgan fingerprint density at radius 2 is 1.96 bits per heavy atom. The zero-order valence-corrected chi connectivity index (χ0v) is 16.4. The van der Waals surface area contributed by atoms with Crippen LogP contribution in [-0.2, 0) is 11.3 Å². The summed E-state index contributed by atoms with van der Waals surface area (Å²) in [6, 6.07) is 6.48. The van der Waals surface area contributed by atoms with Crippen molar-refractivity contribution in [1.29, 1.82) is 0 Å². The first-order valence-electron chi connectivity index (χ1n) is 9.67. The monoisotopic (exact) mass is 366 g/mol. The average Bonchev–Trinajstić information content (AvgIpc) is 2.69. The lowest BCUT2D eigenvalue weighted by molar-refractivity contribution is 0.0705. The molecule has 1 unspecified atom stereocenters. The Bertz CT molecular complexity index is 517. The molecule has 1 heterocycles. The van der Waals surface area contributed by atoms with Crippen LogP contribution in [0.2, 0.25) is 0 Å². The summed E-state index contributed by atoms with van der Waals surface area (Å²) in [5, 5.41) is 13.7. The van der Waals surface area contributed by atoms with E-state index in [4.69, 9.17) is 14.2 Å². The van der Waals surface area contributed by atoms with Crippen LogP contribution in [0.15, 0.2) is 18.2 Å². The minimum atomic E-state index is -0.519. The zero-order valence-electron chi connectivity index (χ0n) is 16.4. The first kappa shape index (κ1) is 21.0. The maximum absolute atomic E-state index is 10.2. The molecule has 0 aromatic heterocycles. The molecule has 1 aromatic rings. The van der Waals surface area contributed by atoms with E-state index in [1.165, 1.54) is 0 Å². The van der Waals surface area contributed by atoms with Gasteiger partial charge in [0.15, 0.2) is 11.5 Å². The minimum Gasteiger partial charge on any atom is -0.493 e. The summed E-state index contributed by atoms with van der Waals surface area (Å²) >= 11 is 0. The summed E-state index contributed by atoms with van der Waals surface area (Å²) in [6.45, 7) is 9.37. The fraction of sp³-hybridized carbons (Fsp3) is 0.700. The molecular formula is C20H34N2O4. The summed E-state index contributed by atoms with van der Waals surface area (Å²) in [5.41, 5.74) is 1.16. The van der Waals surface area contributed by atoms with Gasteiger partial charge < -0.3 is 29.5 Å². The Morgan fingerprint density at radius 3 is 2.62 bits per heavy atom. The fourth-order valence-electron chi connectivity index (χ4n) is 3.12. The van der Waals surface area contributed by atoms with Crippen molar-refractivity contribution < 1.29 is 19.3 Å². The van der Waals surface area contributed by atoms with Crippen LogP contribution in [0.1, 0.15) is 32.3 Å². The van der Waals surface area contributed by atoms with E-state index >= 15 is 0 Å². The Hall–Kier alpha value is -1.34. The van der Waals surface area contributed by atoms with E-state index in [2.05, 4.69) is 24.1 Å². The highest BCUT2D eigenvalue weighted by molar-refractivity contribution is 5.43. The molecule has 6 heteroatoms. The van der Waals surface area contributed by atoms with Gasteiger partial charge in [0.25, 0.3) is 0 Å². The lowest BCUT2D eigenvalue weighted by atomic mass is 10.1. The zero-order chi connectivity index (χ0) is 18.8. The van der Waals surface area contributed by atoms with Crippen molar-refractivity contribution in [3.8, 4) is 11.5 Å². The van der Waals surface area contributed by atoms with Crippen molar-refractivity contribution in [2.45, 2.75) is 45.4 Å². The molecule has 1 atom stereocenters. The van der Waals surface area contributed by atoms with Crippen LogP contribution in [-0.4, -0.2) is 68.7 Å². The second kappa shape index (κ2) is 11.4. The van der Waals surface area contributed by atoms with Crippen LogP contribution in [0.5, 0.6) is 11.5 Å². The highest BCUT2D eigenvalue weighted by atomic mass is 16.5. The third-order valence-corrected chi connectivity index (χ3v) is 4.84. The number of benzene rings is 1. The lowest BCUT2D eigenvalue weighted by Crippen LogP contribution is -2.35. The van der Waals surface area contributed by atoms with Crippen molar-refractivity contribution in [2.24, 2.45) is 0 Å². The maximum Gasteiger partial charge on any atom is 0.161 e. The van der Waals surface area contributed by atoms with Gasteiger partial charge >= 0.3 is 0 Å². The normalized spacial score (nSPS) is 16.7. The quantitative estimate of drug-likeness (QED) is 0.625. The predicted octanol–water partition coefficient (Wildman–Crippen LogP) is 2.05. The number of nitrogens with one attached hydrogen (secondary N) is 1. The SMILES string of the molecule is CCN(CC)CC(O)COc1ccc(CNC2CCOCC2)cc1OC. The molecule has 148 valence electrons. The second-order valence-corrected chi connectivity index (χ2v) is 6.70. The minimum absolute atomic E-state index is 0.256. The van der Waals surface area contributed by atoms with E-state index in [1.54, 1.807) is 7.11 Å². The summed E-state index contributed by atoms with van der Waals surface area (Å²) in [7, 11) is 1.64. The summed E-state index contributed by atoms with van der Waals surface area (Å²) < 4.78 is 16.6. The highest BCUT2D eigenvalue weighted by Gasteiger charge is 2.14. The van der Waals surface area contributed by atoms with E-state index in [9.17, 15) is 5.11 Å². The van der Waals surface area contributed by atoms with Crippen LogP contribution in [0.3, 0.4) is 0 Å². The molecule has 0 radical (unpaired) electrons. The summed E-state index contributed by atoms with van der Waals surface area (Å²) in [6.07, 6.45) is 1.60. The fourth-order valence-corrected chi connectivity index (χ4v) is 3.12. The first-order chi connectivity index (χ1) is 12.7. The number of hydrogen-bond donors (Lipinski definition) is 2. The standard InChI is InChI=1S/C20H34N2O4/c1-4-22(5-2)14-18(23)15-26-19-7-6-16(12-20(19)24-3)13-21-17-8-10-25-11-9-17/h6-7,12,17-18,21,23H,4-5,8-11,13-15H2,1-3H3. The van der Waals surface area contributed by atoms with Crippen LogP contribution in [0, 0.1) is 0 Å². The van der Waals surface area contributed by atoms with Crippen molar-refractivity contribution in [3.63, 3.8) is 0 Å². The van der Waals surface area contributed by atoms with Crippen LogP contribution in [0.25, 0.3) is 0 Å². The maximum atomic E-state index is 10.2. The Morgan fingerprint density at radius 1 is 1.23 bits per heavy atom. The third kappa shape index (κ3) is 6.76. The molecule has 2 rings (SSSR count). The van der Waals surface area contributed by atoms with Gasteiger partial charge in [0, 0.05) is 32.3 Å². The van der Waals surface area contributed by atoms with Crippen LogP contribution in [0.4, 0.5) is 0 Å². The molecule has 2 N–H and O–H groups in total. The van der Waals surface area contributed by atoms with Gasteiger partial charge in [-0.3, -0.25) is 0 Å². The summed E-state index contributed by atoms with van der Waals surface area (Å²) in [4.78, 5) is 2.18. The van der Waals surface area contributed by atoms with E-state index in [-0.39, 0.29) is 6.61 Å². The smallest absolute Gasteiger partial charge is 0.161 e. The van der Waals surface area contributed by atoms with Crippen molar-refractivity contribution in [1.82, 2.24) is 10.2 Å². The molecule has 26 heavy (non-hydrogen) atoms. The number of aliphatic hydroxyl groups excluding tert-OH is 1. The van der Waals surface area contributed by atoms with Crippen molar-refractivity contribution in [3.05, 3.63) is 23.8 Å². The third-order valence-electron chi connectivity index (χ3n) is 4.84. The Kier molecular flexibility index (Phi) is 9.18. The lowest BCUT2D eigenvalue weighted by Gasteiger charge is -2.23. The number of nitrogens with zero attached hydrogens (tertiary/aromatic N) is 1. The molecule has 0 amide bonds. The van der Waals surface area contributed by atoms with Gasteiger partial charge in [0.05, 0.1) is 7.11 Å². The van der Waals surface area contributed by atoms with Gasteiger partial charge in [-0.2, -0.15) is 0 Å². The number of aliphatic hydroxyl groups is 1. The molecule has 1 fully saturated rings. The average molecular weight is 367 g/mol. The molecular weight excluding hydrogens is 332 g/mol. The molecule has 1 aliphatic heterocycles. The molecule has 1 saturated heterocycles. The van der Waals surface area contributed by atoms with Gasteiger partial charge in [-0.25, -0.2) is 0 Å². The molecule has 0 bridgehead atoms. The molecule has 0 aliphatic carbocycles. The number of rotatable bonds is 11. The van der Waals surface area contributed by atoms with Crippen LogP contribution < -0.4 is 14.8 Å². The van der Waals surface area contributed by atoms with E-state index in [0.29, 0.717) is 24.1 Å². The van der Waals surface area contributed by atoms with Gasteiger partial charge in [0.2, 0.25) is 0 Å². The molecule has 6 nitrogen and oxygen atoms in total. The van der Waals surface area contributed by atoms with E-state index in [1.807, 2.05) is 18.2 Å². The predicted molar refractivity (Wildman–Crippen MR) is 103 cm³/mol. The topological polar surface area (TPSA) is 63.2 Å². The van der Waals surface area contributed by atoms with E-state index < -0.39 is 6.10 Å². The largest absolute Gasteiger partial charge is 0.493 e. The van der Waals surface area contributed by atoms with Crippen molar-refractivity contribution >= 4 is 0 Å². The molecule has 0 saturated carbocycles. The van der Waals surface area contributed by atoms with Crippen LogP contribution >= 0.6 is 0 Å². The van der Waals surface area contributed by atoms with Crippen molar-refractivity contribution in [2.75, 3.05) is 46.6 Å². The number of methoxy groups -OCH3 is 1. The van der Waals surface area contributed by atoms with Gasteiger partial charge in [-0.1, -0.05) is 19.9 Å². The van der Waals surface area contributed by atoms with Gasteiger partial charge in [-0.15, -0.1) is 0 Å². The number of ether oxygens (including phenoxy) is 3. The number of likely N-dealkylation sites (N-methyl/N-ethyl adjacent to an activating group) is 1. The Labute approximate surface area is 157 Å². The van der Waals surface area contributed by atoms with Gasteiger partial charge in [-0.05, 0) is 43.6 Å². The second-order valence-electron chi connectivity index (χ2n) is 6.70. The Balaban J connectivity index is 1.84. The van der Waals surface area contributed by atoms with Gasteiger partial charge in [0.1, 0.15) is 12.7 Å². The molecule has 1 aliphatic rings. The molecule has 1 aromatic carbocycles.